The molecule has 6 heteroatoms. The van der Waals surface area contributed by atoms with Crippen LogP contribution in [0.3, 0.4) is 0 Å². The number of phenols is 1. The maximum absolute atomic E-state index is 9.60. The van der Waals surface area contributed by atoms with E-state index in [4.69, 9.17) is 11.6 Å². The van der Waals surface area contributed by atoms with Crippen LogP contribution in [0.15, 0.2) is 24.5 Å². The highest BCUT2D eigenvalue weighted by atomic mass is 35.5. The molecule has 0 aliphatic rings. The Balaban J connectivity index is 1.91. The standard InChI is InChI=1S/C11H13ClN4O/c1-16-7-14-11(15-16)6-13-5-8-4-9(12)2-3-10(8)17/h2-4,7,13,17H,5-6H2,1H3. The van der Waals surface area contributed by atoms with Gasteiger partial charge in [-0.15, -0.1) is 0 Å². The molecule has 2 rings (SSSR count). The van der Waals surface area contributed by atoms with Crippen LogP contribution in [0.25, 0.3) is 0 Å². The first kappa shape index (κ1) is 11.9. The molecule has 0 saturated heterocycles. The second-order valence-corrected chi connectivity index (χ2v) is 4.15. The van der Waals surface area contributed by atoms with E-state index >= 15 is 0 Å². The Morgan fingerprint density at radius 1 is 1.41 bits per heavy atom. The maximum Gasteiger partial charge on any atom is 0.164 e. The Morgan fingerprint density at radius 3 is 2.94 bits per heavy atom. The summed E-state index contributed by atoms with van der Waals surface area (Å²) in [6.07, 6.45) is 1.65. The summed E-state index contributed by atoms with van der Waals surface area (Å²) in [5.41, 5.74) is 0.758. The number of halogens is 1. The van der Waals surface area contributed by atoms with Crippen molar-refractivity contribution in [3.8, 4) is 5.75 Å². The zero-order chi connectivity index (χ0) is 12.3. The molecule has 2 aromatic rings. The summed E-state index contributed by atoms with van der Waals surface area (Å²) in [4.78, 5) is 4.09. The molecule has 2 N–H and O–H groups in total. The molecule has 0 amide bonds. The fourth-order valence-electron chi connectivity index (χ4n) is 1.47. The van der Waals surface area contributed by atoms with Crippen LogP contribution in [0.2, 0.25) is 5.02 Å². The van der Waals surface area contributed by atoms with E-state index < -0.39 is 0 Å². The van der Waals surface area contributed by atoms with Gasteiger partial charge in [0.05, 0.1) is 6.54 Å². The van der Waals surface area contributed by atoms with Crippen molar-refractivity contribution >= 4 is 11.6 Å². The van der Waals surface area contributed by atoms with Gasteiger partial charge in [0.2, 0.25) is 0 Å². The number of rotatable bonds is 4. The zero-order valence-electron chi connectivity index (χ0n) is 9.39. The van der Waals surface area contributed by atoms with Crippen molar-refractivity contribution in [3.05, 3.63) is 40.9 Å². The van der Waals surface area contributed by atoms with Crippen molar-refractivity contribution in [1.82, 2.24) is 20.1 Å². The molecule has 0 atom stereocenters. The van der Waals surface area contributed by atoms with Gasteiger partial charge in [-0.25, -0.2) is 4.98 Å². The normalized spacial score (nSPS) is 10.7. The number of benzene rings is 1. The Morgan fingerprint density at radius 2 is 2.24 bits per heavy atom. The Bertz CT molecular complexity index is 512. The van der Waals surface area contributed by atoms with Gasteiger partial charge < -0.3 is 10.4 Å². The molecular weight excluding hydrogens is 240 g/mol. The van der Waals surface area contributed by atoms with E-state index in [2.05, 4.69) is 15.4 Å². The molecule has 0 aliphatic carbocycles. The lowest BCUT2D eigenvalue weighted by Gasteiger charge is -2.05. The summed E-state index contributed by atoms with van der Waals surface area (Å²) in [6.45, 7) is 1.07. The summed E-state index contributed by atoms with van der Waals surface area (Å²) < 4.78 is 1.65. The highest BCUT2D eigenvalue weighted by molar-refractivity contribution is 6.30. The first-order valence-corrected chi connectivity index (χ1v) is 5.55. The third-order valence-corrected chi connectivity index (χ3v) is 2.52. The maximum atomic E-state index is 9.60. The van der Waals surface area contributed by atoms with Crippen molar-refractivity contribution in [2.45, 2.75) is 13.1 Å². The number of hydrogen-bond acceptors (Lipinski definition) is 4. The minimum Gasteiger partial charge on any atom is -0.508 e. The van der Waals surface area contributed by atoms with Crippen LogP contribution < -0.4 is 5.32 Å². The first-order chi connectivity index (χ1) is 8.15. The van der Waals surface area contributed by atoms with Gasteiger partial charge in [0, 0.05) is 24.2 Å². The van der Waals surface area contributed by atoms with Gasteiger partial charge in [-0.3, -0.25) is 4.68 Å². The zero-order valence-corrected chi connectivity index (χ0v) is 10.1. The van der Waals surface area contributed by atoms with Crippen LogP contribution >= 0.6 is 11.6 Å². The van der Waals surface area contributed by atoms with Gasteiger partial charge in [0.25, 0.3) is 0 Å². The smallest absolute Gasteiger partial charge is 0.164 e. The van der Waals surface area contributed by atoms with Crippen LogP contribution in [0.4, 0.5) is 0 Å². The summed E-state index contributed by atoms with van der Waals surface area (Å²) >= 11 is 5.85. The number of aromatic nitrogens is 3. The lowest BCUT2D eigenvalue weighted by Crippen LogP contribution is -2.14. The minimum absolute atomic E-state index is 0.232. The summed E-state index contributed by atoms with van der Waals surface area (Å²) in [5, 5.41) is 17.5. The third-order valence-electron chi connectivity index (χ3n) is 2.29. The van der Waals surface area contributed by atoms with Crippen LogP contribution in [0.5, 0.6) is 5.75 Å². The van der Waals surface area contributed by atoms with Crippen LogP contribution in [0.1, 0.15) is 11.4 Å². The van der Waals surface area contributed by atoms with Gasteiger partial charge in [0.15, 0.2) is 5.82 Å². The van der Waals surface area contributed by atoms with Crippen molar-refractivity contribution in [3.63, 3.8) is 0 Å². The predicted molar refractivity (Wildman–Crippen MR) is 64.7 cm³/mol. The molecular formula is C11H13ClN4O. The highest BCUT2D eigenvalue weighted by Gasteiger charge is 2.03. The van der Waals surface area contributed by atoms with Crippen LogP contribution in [-0.4, -0.2) is 19.9 Å². The molecule has 5 nitrogen and oxygen atoms in total. The second kappa shape index (κ2) is 5.16. The molecule has 0 aliphatic heterocycles. The molecule has 1 aromatic heterocycles. The van der Waals surface area contributed by atoms with E-state index in [1.165, 1.54) is 0 Å². The summed E-state index contributed by atoms with van der Waals surface area (Å²) in [5.74, 6) is 0.949. The molecule has 1 heterocycles. The topological polar surface area (TPSA) is 63.0 Å². The Hall–Kier alpha value is -1.59. The Labute approximate surface area is 104 Å². The molecule has 1 aromatic carbocycles. The lowest BCUT2D eigenvalue weighted by molar-refractivity contribution is 0.464. The number of hydrogen-bond donors (Lipinski definition) is 2. The van der Waals surface area contributed by atoms with Crippen LogP contribution in [0, 0.1) is 0 Å². The van der Waals surface area contributed by atoms with Crippen LogP contribution in [-0.2, 0) is 20.1 Å². The van der Waals surface area contributed by atoms with Crippen molar-refractivity contribution < 1.29 is 5.11 Å². The molecule has 0 unspecified atom stereocenters. The van der Waals surface area contributed by atoms with Gasteiger partial charge in [-0.2, -0.15) is 5.10 Å². The second-order valence-electron chi connectivity index (χ2n) is 3.71. The van der Waals surface area contributed by atoms with Crippen molar-refractivity contribution in [2.24, 2.45) is 7.05 Å². The lowest BCUT2D eigenvalue weighted by atomic mass is 10.2. The van der Waals surface area contributed by atoms with Crippen molar-refractivity contribution in [1.29, 1.82) is 0 Å². The Kier molecular flexibility index (Phi) is 3.61. The van der Waals surface area contributed by atoms with Gasteiger partial charge in [-0.1, -0.05) is 11.6 Å². The van der Waals surface area contributed by atoms with E-state index in [0.717, 1.165) is 5.56 Å². The molecule has 0 bridgehead atoms. The van der Waals surface area contributed by atoms with Crippen molar-refractivity contribution in [2.75, 3.05) is 0 Å². The fourth-order valence-corrected chi connectivity index (χ4v) is 1.66. The molecule has 0 spiro atoms. The average molecular weight is 253 g/mol. The molecule has 0 radical (unpaired) electrons. The monoisotopic (exact) mass is 252 g/mol. The first-order valence-electron chi connectivity index (χ1n) is 5.18. The number of aromatic hydroxyl groups is 1. The van der Waals surface area contributed by atoms with E-state index in [1.54, 1.807) is 29.2 Å². The molecule has 0 fully saturated rings. The van der Waals surface area contributed by atoms with Gasteiger partial charge in [0.1, 0.15) is 12.1 Å². The SMILES string of the molecule is Cn1cnc(CNCc2cc(Cl)ccc2O)n1. The number of phenolic OH excluding ortho intramolecular Hbond substituents is 1. The van der Waals surface area contributed by atoms with E-state index in [-0.39, 0.29) is 5.75 Å². The minimum atomic E-state index is 0.232. The van der Waals surface area contributed by atoms with E-state index in [0.29, 0.717) is 23.9 Å². The number of nitrogens with zero attached hydrogens (tertiary/aromatic N) is 3. The summed E-state index contributed by atoms with van der Waals surface area (Å²) in [6, 6.07) is 4.97. The quantitative estimate of drug-likeness (QED) is 0.865. The highest BCUT2D eigenvalue weighted by Crippen LogP contribution is 2.21. The largest absolute Gasteiger partial charge is 0.508 e. The fraction of sp³-hybridized carbons (Fsp3) is 0.273. The predicted octanol–water partition coefficient (Wildman–Crippen LogP) is 1.46. The van der Waals surface area contributed by atoms with E-state index in [9.17, 15) is 5.11 Å². The number of aryl methyl sites for hydroxylation is 1. The van der Waals surface area contributed by atoms with E-state index in [1.807, 2.05) is 7.05 Å². The average Bonchev–Trinajstić information content (AvgIpc) is 2.69. The summed E-state index contributed by atoms with van der Waals surface area (Å²) in [7, 11) is 1.82. The van der Waals surface area contributed by atoms with Gasteiger partial charge in [-0.05, 0) is 18.2 Å². The third kappa shape index (κ3) is 3.18. The molecule has 0 saturated carbocycles. The molecule has 17 heavy (non-hydrogen) atoms. The molecule has 90 valence electrons. The van der Waals surface area contributed by atoms with Gasteiger partial charge >= 0.3 is 0 Å². The number of nitrogens with one attached hydrogen (secondary N) is 1.